The molecule has 0 aliphatic rings. The van der Waals surface area contributed by atoms with Crippen LogP contribution in [-0.2, 0) is 11.1 Å². The SMILES string of the molecule is CC(C)N(C(C)C)P(O)OCCCn1ccc2cc(C=O)ccc21. The van der Waals surface area contributed by atoms with Gasteiger partial charge in [0.25, 0.3) is 8.53 Å². The summed E-state index contributed by atoms with van der Waals surface area (Å²) in [4.78, 5) is 21.1. The third-order valence-corrected chi connectivity index (χ3v) is 5.67. The van der Waals surface area contributed by atoms with Crippen molar-refractivity contribution < 1.29 is 14.2 Å². The van der Waals surface area contributed by atoms with Crippen molar-refractivity contribution in [3.05, 3.63) is 36.0 Å². The summed E-state index contributed by atoms with van der Waals surface area (Å²) in [6, 6.07) is 8.21. The van der Waals surface area contributed by atoms with Crippen LogP contribution >= 0.6 is 8.53 Å². The van der Waals surface area contributed by atoms with E-state index in [1.54, 1.807) is 0 Å². The summed E-state index contributed by atoms with van der Waals surface area (Å²) >= 11 is 0. The Morgan fingerprint density at radius 3 is 2.58 bits per heavy atom. The van der Waals surface area contributed by atoms with Crippen molar-refractivity contribution >= 4 is 25.7 Å². The van der Waals surface area contributed by atoms with Crippen LogP contribution in [0.5, 0.6) is 0 Å². The van der Waals surface area contributed by atoms with Crippen molar-refractivity contribution in [1.82, 2.24) is 9.24 Å². The second-order valence-corrected chi connectivity index (χ2v) is 7.68. The maximum atomic E-state index is 10.8. The van der Waals surface area contributed by atoms with E-state index in [9.17, 15) is 9.69 Å². The summed E-state index contributed by atoms with van der Waals surface area (Å²) in [6.07, 6.45) is 3.71. The third-order valence-electron chi connectivity index (χ3n) is 3.94. The molecule has 2 rings (SSSR count). The van der Waals surface area contributed by atoms with Crippen LogP contribution in [0.25, 0.3) is 10.9 Å². The Morgan fingerprint density at radius 1 is 1.25 bits per heavy atom. The molecule has 1 N–H and O–H groups in total. The van der Waals surface area contributed by atoms with Crippen molar-refractivity contribution in [1.29, 1.82) is 0 Å². The smallest absolute Gasteiger partial charge is 0.256 e. The highest BCUT2D eigenvalue weighted by molar-refractivity contribution is 7.43. The molecule has 1 unspecified atom stereocenters. The zero-order valence-electron chi connectivity index (χ0n) is 14.8. The Kier molecular flexibility index (Phi) is 6.93. The van der Waals surface area contributed by atoms with Gasteiger partial charge < -0.3 is 14.0 Å². The number of benzene rings is 1. The molecule has 1 heterocycles. The van der Waals surface area contributed by atoms with Crippen molar-refractivity contribution in [2.45, 2.75) is 52.7 Å². The summed E-state index contributed by atoms with van der Waals surface area (Å²) in [7, 11) is -1.55. The first-order chi connectivity index (χ1) is 11.4. The predicted octanol–water partition coefficient (Wildman–Crippen LogP) is 4.20. The molecule has 0 fully saturated rings. The van der Waals surface area contributed by atoms with Crippen LogP contribution in [0.1, 0.15) is 44.5 Å². The van der Waals surface area contributed by atoms with Gasteiger partial charge in [-0.2, -0.15) is 0 Å². The van der Waals surface area contributed by atoms with E-state index in [1.165, 1.54) is 0 Å². The van der Waals surface area contributed by atoms with Gasteiger partial charge in [-0.25, -0.2) is 4.67 Å². The van der Waals surface area contributed by atoms with Gasteiger partial charge in [0.05, 0.1) is 6.61 Å². The summed E-state index contributed by atoms with van der Waals surface area (Å²) in [6.45, 7) is 9.59. The lowest BCUT2D eigenvalue weighted by molar-refractivity contribution is 0.112. The van der Waals surface area contributed by atoms with Crippen molar-refractivity contribution in [3.8, 4) is 0 Å². The Hall–Kier alpha value is -1.26. The van der Waals surface area contributed by atoms with Gasteiger partial charge in [0.15, 0.2) is 0 Å². The number of aldehydes is 1. The number of carbonyl (C=O) groups excluding carboxylic acids is 1. The maximum Gasteiger partial charge on any atom is 0.256 e. The highest BCUT2D eigenvalue weighted by Gasteiger charge is 2.23. The van der Waals surface area contributed by atoms with E-state index in [1.807, 2.05) is 35.1 Å². The molecule has 0 amide bonds. The lowest BCUT2D eigenvalue weighted by Crippen LogP contribution is -2.32. The fourth-order valence-corrected chi connectivity index (χ4v) is 4.14. The first-order valence-electron chi connectivity index (χ1n) is 8.38. The molecule has 0 bridgehead atoms. The minimum absolute atomic E-state index is 0.251. The minimum atomic E-state index is -1.55. The van der Waals surface area contributed by atoms with Crippen LogP contribution in [0.2, 0.25) is 0 Å². The van der Waals surface area contributed by atoms with Gasteiger partial charge in [-0.3, -0.25) is 4.79 Å². The van der Waals surface area contributed by atoms with Crippen LogP contribution in [0, 0.1) is 0 Å². The second kappa shape index (κ2) is 8.72. The molecule has 0 saturated heterocycles. The van der Waals surface area contributed by atoms with Crippen LogP contribution < -0.4 is 0 Å². The van der Waals surface area contributed by atoms with Crippen molar-refractivity contribution in [2.75, 3.05) is 6.61 Å². The van der Waals surface area contributed by atoms with E-state index in [0.29, 0.717) is 12.2 Å². The van der Waals surface area contributed by atoms with Gasteiger partial charge >= 0.3 is 0 Å². The van der Waals surface area contributed by atoms with Crippen LogP contribution in [0.15, 0.2) is 30.5 Å². The normalized spacial score (nSPS) is 13.3. The molecule has 1 aromatic carbocycles. The van der Waals surface area contributed by atoms with Crippen LogP contribution in [-0.4, -0.2) is 39.1 Å². The fourth-order valence-electron chi connectivity index (χ4n) is 2.93. The Labute approximate surface area is 145 Å². The number of fused-ring (bicyclic) bond motifs is 1. The van der Waals surface area contributed by atoms with Crippen molar-refractivity contribution in [3.63, 3.8) is 0 Å². The number of hydrogen-bond acceptors (Lipinski definition) is 4. The van der Waals surface area contributed by atoms with Gasteiger partial charge in [0.2, 0.25) is 0 Å². The van der Waals surface area contributed by atoms with E-state index in [-0.39, 0.29) is 12.1 Å². The largest absolute Gasteiger partial charge is 0.347 e. The molecular formula is C18H27N2O3P. The van der Waals surface area contributed by atoms with Gasteiger partial charge in [0, 0.05) is 41.3 Å². The molecule has 0 saturated carbocycles. The van der Waals surface area contributed by atoms with E-state index < -0.39 is 8.53 Å². The highest BCUT2D eigenvalue weighted by Crippen LogP contribution is 2.40. The monoisotopic (exact) mass is 350 g/mol. The maximum absolute atomic E-state index is 10.8. The number of hydrogen-bond donors (Lipinski definition) is 1. The first-order valence-corrected chi connectivity index (χ1v) is 9.54. The van der Waals surface area contributed by atoms with Gasteiger partial charge in [-0.15, -0.1) is 0 Å². The molecule has 0 aliphatic heterocycles. The Morgan fingerprint density at radius 2 is 1.96 bits per heavy atom. The quantitative estimate of drug-likeness (QED) is 0.418. The average Bonchev–Trinajstić information content (AvgIpc) is 2.93. The minimum Gasteiger partial charge on any atom is -0.347 e. The Balaban J connectivity index is 1.87. The molecule has 6 heteroatoms. The lowest BCUT2D eigenvalue weighted by Gasteiger charge is -2.32. The molecule has 0 spiro atoms. The van der Waals surface area contributed by atoms with Crippen molar-refractivity contribution in [2.24, 2.45) is 0 Å². The molecule has 1 atom stereocenters. The van der Waals surface area contributed by atoms with E-state index in [0.717, 1.165) is 30.2 Å². The molecule has 0 radical (unpaired) electrons. The van der Waals surface area contributed by atoms with Crippen LogP contribution in [0.3, 0.4) is 0 Å². The van der Waals surface area contributed by atoms with Crippen LogP contribution in [0.4, 0.5) is 0 Å². The summed E-state index contributed by atoms with van der Waals surface area (Å²) < 4.78 is 9.81. The summed E-state index contributed by atoms with van der Waals surface area (Å²) in [5.74, 6) is 0. The molecular weight excluding hydrogens is 323 g/mol. The molecule has 5 nitrogen and oxygen atoms in total. The number of aromatic nitrogens is 1. The van der Waals surface area contributed by atoms with E-state index >= 15 is 0 Å². The molecule has 1 aromatic heterocycles. The standard InChI is InChI=1S/C18H27N2O3P/c1-14(2)20(15(3)4)24(22)23-11-5-9-19-10-8-17-12-16(13-21)6-7-18(17)19/h6-8,10,12-15,22H,5,9,11H2,1-4H3. The fraction of sp³-hybridized carbons (Fsp3) is 0.500. The topological polar surface area (TPSA) is 54.7 Å². The number of nitrogens with zero attached hydrogens (tertiary/aromatic N) is 2. The molecule has 2 aromatic rings. The van der Waals surface area contributed by atoms with Gasteiger partial charge in [-0.1, -0.05) is 0 Å². The second-order valence-electron chi connectivity index (χ2n) is 6.45. The lowest BCUT2D eigenvalue weighted by atomic mass is 10.2. The number of rotatable bonds is 9. The highest BCUT2D eigenvalue weighted by atomic mass is 31.2. The zero-order valence-corrected chi connectivity index (χ0v) is 15.7. The van der Waals surface area contributed by atoms with Gasteiger partial charge in [0.1, 0.15) is 6.29 Å². The summed E-state index contributed by atoms with van der Waals surface area (Å²) in [5.41, 5.74) is 1.80. The third kappa shape index (κ3) is 4.64. The molecule has 132 valence electrons. The molecule has 0 aliphatic carbocycles. The number of aryl methyl sites for hydroxylation is 1. The van der Waals surface area contributed by atoms with E-state index in [4.69, 9.17) is 4.52 Å². The molecule has 24 heavy (non-hydrogen) atoms. The first kappa shape index (κ1) is 19.1. The number of carbonyl (C=O) groups is 1. The Bertz CT molecular complexity index is 661. The predicted molar refractivity (Wildman–Crippen MR) is 99.1 cm³/mol. The van der Waals surface area contributed by atoms with E-state index in [2.05, 4.69) is 32.3 Å². The summed E-state index contributed by atoms with van der Waals surface area (Å²) in [5, 5.41) is 1.07. The average molecular weight is 350 g/mol. The zero-order chi connectivity index (χ0) is 17.7. The van der Waals surface area contributed by atoms with Gasteiger partial charge in [-0.05, 0) is 58.4 Å².